The van der Waals surface area contributed by atoms with Crippen LogP contribution < -0.4 is 10.2 Å². The van der Waals surface area contributed by atoms with Crippen molar-refractivity contribution >= 4 is 17.3 Å². The quantitative estimate of drug-likeness (QED) is 0.873. The molecule has 1 amide bonds. The van der Waals surface area contributed by atoms with Gasteiger partial charge in [0, 0.05) is 17.9 Å². The molecule has 0 saturated heterocycles. The van der Waals surface area contributed by atoms with Crippen LogP contribution in [0.15, 0.2) is 48.5 Å². The number of hydrogen-bond acceptors (Lipinski definition) is 2. The molecule has 0 spiro atoms. The summed E-state index contributed by atoms with van der Waals surface area (Å²) in [6, 6.07) is 16.0. The molecule has 0 unspecified atom stereocenters. The summed E-state index contributed by atoms with van der Waals surface area (Å²) >= 11 is 0. The summed E-state index contributed by atoms with van der Waals surface area (Å²) in [4.78, 5) is 14.3. The van der Waals surface area contributed by atoms with E-state index in [0.717, 1.165) is 17.8 Å². The lowest BCUT2D eigenvalue weighted by Crippen LogP contribution is -2.35. The first-order valence-corrected chi connectivity index (χ1v) is 7.85. The van der Waals surface area contributed by atoms with Gasteiger partial charge in [0.05, 0.1) is 6.54 Å². The summed E-state index contributed by atoms with van der Waals surface area (Å²) in [6.45, 7) is 7.17. The van der Waals surface area contributed by atoms with E-state index < -0.39 is 0 Å². The van der Waals surface area contributed by atoms with Crippen molar-refractivity contribution in [2.45, 2.75) is 27.2 Å². The van der Waals surface area contributed by atoms with Gasteiger partial charge in [0.2, 0.25) is 5.91 Å². The fraction of sp³-hybridized carbons (Fsp3) is 0.316. The molecule has 0 radical (unpaired) electrons. The number of hydrogen-bond donors (Lipinski definition) is 1. The highest BCUT2D eigenvalue weighted by Crippen LogP contribution is 2.21. The Kier molecular flexibility index (Phi) is 5.59. The highest BCUT2D eigenvalue weighted by molar-refractivity contribution is 5.96. The second kappa shape index (κ2) is 7.64. The van der Waals surface area contributed by atoms with Gasteiger partial charge in [-0.2, -0.15) is 0 Å². The van der Waals surface area contributed by atoms with Crippen LogP contribution in [0.5, 0.6) is 0 Å². The van der Waals surface area contributed by atoms with Crippen LogP contribution in [0.25, 0.3) is 0 Å². The molecule has 0 atom stereocenters. The molecule has 2 aromatic rings. The Morgan fingerprint density at radius 3 is 2.41 bits per heavy atom. The molecular formula is C19H24N2O. The molecule has 0 aliphatic heterocycles. The fourth-order valence-corrected chi connectivity index (χ4v) is 2.65. The van der Waals surface area contributed by atoms with E-state index in [1.807, 2.05) is 37.3 Å². The van der Waals surface area contributed by atoms with Gasteiger partial charge in [-0.25, -0.2) is 0 Å². The first-order chi connectivity index (χ1) is 10.7. The average Bonchev–Trinajstić information content (AvgIpc) is 2.55. The Morgan fingerprint density at radius 1 is 1.05 bits per heavy atom. The third kappa shape index (κ3) is 3.67. The number of aryl methyl sites for hydroxylation is 2. The number of carbonyl (C=O) groups excluding carboxylic acids is 1. The number of likely N-dealkylation sites (N-methyl/N-ethyl adjacent to an activating group) is 1. The molecule has 1 N–H and O–H groups in total. The van der Waals surface area contributed by atoms with Crippen LogP contribution in [-0.4, -0.2) is 19.0 Å². The average molecular weight is 296 g/mol. The van der Waals surface area contributed by atoms with Crippen LogP contribution in [0.2, 0.25) is 0 Å². The molecule has 22 heavy (non-hydrogen) atoms. The summed E-state index contributed by atoms with van der Waals surface area (Å²) in [7, 11) is 0. The molecule has 0 bridgehead atoms. The number of carbonyl (C=O) groups is 1. The van der Waals surface area contributed by atoms with Crippen molar-refractivity contribution in [3.05, 3.63) is 59.7 Å². The molecule has 0 heterocycles. The van der Waals surface area contributed by atoms with Crippen LogP contribution >= 0.6 is 0 Å². The van der Waals surface area contributed by atoms with Gasteiger partial charge in [0.15, 0.2) is 0 Å². The topological polar surface area (TPSA) is 32.3 Å². The number of para-hydroxylation sites is 2. The SMILES string of the molecule is CCc1cccc(C)c1NCC(=O)N(CC)c1ccccc1. The second-order valence-electron chi connectivity index (χ2n) is 5.29. The lowest BCUT2D eigenvalue weighted by atomic mass is 10.1. The second-order valence-corrected chi connectivity index (χ2v) is 5.29. The van der Waals surface area contributed by atoms with Gasteiger partial charge < -0.3 is 10.2 Å². The predicted molar refractivity (Wildman–Crippen MR) is 93.5 cm³/mol. The molecule has 0 aromatic heterocycles. The lowest BCUT2D eigenvalue weighted by Gasteiger charge is -2.22. The minimum absolute atomic E-state index is 0.0824. The zero-order valence-corrected chi connectivity index (χ0v) is 13.6. The molecule has 3 nitrogen and oxygen atoms in total. The van der Waals surface area contributed by atoms with Crippen molar-refractivity contribution in [3.8, 4) is 0 Å². The van der Waals surface area contributed by atoms with Crippen LogP contribution in [0.1, 0.15) is 25.0 Å². The maximum Gasteiger partial charge on any atom is 0.246 e. The van der Waals surface area contributed by atoms with Gasteiger partial charge in [-0.05, 0) is 43.5 Å². The van der Waals surface area contributed by atoms with Gasteiger partial charge in [0.1, 0.15) is 0 Å². The molecule has 0 fully saturated rings. The third-order valence-electron chi connectivity index (χ3n) is 3.84. The van der Waals surface area contributed by atoms with Gasteiger partial charge in [0.25, 0.3) is 0 Å². The Bertz CT molecular complexity index is 623. The minimum atomic E-state index is 0.0824. The molecule has 3 heteroatoms. The zero-order chi connectivity index (χ0) is 15.9. The van der Waals surface area contributed by atoms with Gasteiger partial charge in [-0.3, -0.25) is 4.79 Å². The van der Waals surface area contributed by atoms with Crippen LogP contribution in [-0.2, 0) is 11.2 Å². The Labute approximate surface area is 133 Å². The summed E-state index contributed by atoms with van der Waals surface area (Å²) in [6.07, 6.45) is 0.953. The molecule has 0 saturated carbocycles. The van der Waals surface area contributed by atoms with Gasteiger partial charge in [-0.15, -0.1) is 0 Å². The van der Waals surface area contributed by atoms with Crippen LogP contribution in [0.3, 0.4) is 0 Å². The van der Waals surface area contributed by atoms with E-state index in [1.165, 1.54) is 11.1 Å². The first kappa shape index (κ1) is 16.1. The van der Waals surface area contributed by atoms with Crippen molar-refractivity contribution in [2.24, 2.45) is 0 Å². The molecule has 2 aromatic carbocycles. The van der Waals surface area contributed by atoms with Crippen molar-refractivity contribution in [1.82, 2.24) is 0 Å². The Hall–Kier alpha value is -2.29. The van der Waals surface area contributed by atoms with E-state index in [1.54, 1.807) is 4.90 Å². The standard InChI is InChI=1S/C19H24N2O/c1-4-16-11-9-10-15(3)19(16)20-14-18(22)21(5-2)17-12-7-6-8-13-17/h6-13,20H,4-5,14H2,1-3H3. The predicted octanol–water partition coefficient (Wildman–Crippen LogP) is 4.02. The summed E-state index contributed by atoms with van der Waals surface area (Å²) in [5, 5.41) is 3.33. The van der Waals surface area contributed by atoms with E-state index in [9.17, 15) is 4.79 Å². The van der Waals surface area contributed by atoms with E-state index >= 15 is 0 Å². The Balaban J connectivity index is 2.09. The maximum absolute atomic E-state index is 12.5. The van der Waals surface area contributed by atoms with Crippen molar-refractivity contribution < 1.29 is 4.79 Å². The highest BCUT2D eigenvalue weighted by Gasteiger charge is 2.14. The third-order valence-corrected chi connectivity index (χ3v) is 3.84. The van der Waals surface area contributed by atoms with Gasteiger partial charge in [-0.1, -0.05) is 43.3 Å². The van der Waals surface area contributed by atoms with E-state index in [0.29, 0.717) is 13.1 Å². The number of amides is 1. The molecular weight excluding hydrogens is 272 g/mol. The summed E-state index contributed by atoms with van der Waals surface area (Å²) in [5.74, 6) is 0.0824. The number of anilines is 2. The fourth-order valence-electron chi connectivity index (χ4n) is 2.65. The van der Waals surface area contributed by atoms with Gasteiger partial charge >= 0.3 is 0 Å². The minimum Gasteiger partial charge on any atom is -0.376 e. The first-order valence-electron chi connectivity index (χ1n) is 7.85. The number of rotatable bonds is 6. The zero-order valence-electron chi connectivity index (χ0n) is 13.6. The smallest absolute Gasteiger partial charge is 0.246 e. The highest BCUT2D eigenvalue weighted by atomic mass is 16.2. The lowest BCUT2D eigenvalue weighted by molar-refractivity contribution is -0.116. The summed E-state index contributed by atoms with van der Waals surface area (Å²) < 4.78 is 0. The molecule has 0 aliphatic carbocycles. The maximum atomic E-state index is 12.5. The van der Waals surface area contributed by atoms with Crippen molar-refractivity contribution in [3.63, 3.8) is 0 Å². The van der Waals surface area contributed by atoms with Crippen LogP contribution in [0, 0.1) is 6.92 Å². The number of nitrogens with one attached hydrogen (secondary N) is 1. The Morgan fingerprint density at radius 2 is 1.77 bits per heavy atom. The molecule has 0 aliphatic rings. The summed E-state index contributed by atoms with van der Waals surface area (Å²) in [5.41, 5.74) is 4.45. The molecule has 2 rings (SSSR count). The number of benzene rings is 2. The monoisotopic (exact) mass is 296 g/mol. The van der Waals surface area contributed by atoms with Crippen LogP contribution in [0.4, 0.5) is 11.4 Å². The normalized spacial score (nSPS) is 10.3. The van der Waals surface area contributed by atoms with Crippen molar-refractivity contribution in [2.75, 3.05) is 23.3 Å². The van der Waals surface area contributed by atoms with E-state index in [-0.39, 0.29) is 5.91 Å². The van der Waals surface area contributed by atoms with E-state index in [4.69, 9.17) is 0 Å². The molecule has 116 valence electrons. The number of nitrogens with zero attached hydrogens (tertiary/aromatic N) is 1. The van der Waals surface area contributed by atoms with E-state index in [2.05, 4.69) is 37.4 Å². The van der Waals surface area contributed by atoms with Crippen molar-refractivity contribution in [1.29, 1.82) is 0 Å². The largest absolute Gasteiger partial charge is 0.376 e.